The van der Waals surface area contributed by atoms with Crippen molar-refractivity contribution in [3.63, 3.8) is 0 Å². The standard InChI is InChI=1S/C16H26O6S/c1-6-23-15-14(20-11(18)8-7-9(2)17)13-12(10(3)19-15)21-16(4,5)22-13/h10,12-15H,6-8H2,1-5H3/t10-,12+,13+,14-,15-/m1/s1. The van der Waals surface area contributed by atoms with E-state index < -0.39 is 17.9 Å². The summed E-state index contributed by atoms with van der Waals surface area (Å²) in [5.41, 5.74) is -0.296. The first-order valence-corrected chi connectivity index (χ1v) is 9.10. The molecule has 23 heavy (non-hydrogen) atoms. The van der Waals surface area contributed by atoms with E-state index in [9.17, 15) is 9.59 Å². The van der Waals surface area contributed by atoms with Crippen molar-refractivity contribution >= 4 is 23.5 Å². The Kier molecular flexibility index (Phi) is 6.10. The van der Waals surface area contributed by atoms with Gasteiger partial charge in [0, 0.05) is 6.42 Å². The van der Waals surface area contributed by atoms with Crippen molar-refractivity contribution in [1.82, 2.24) is 0 Å². The van der Waals surface area contributed by atoms with E-state index in [0.29, 0.717) is 0 Å². The van der Waals surface area contributed by atoms with Gasteiger partial charge in [-0.05, 0) is 33.4 Å². The molecule has 2 aliphatic rings. The van der Waals surface area contributed by atoms with Crippen LogP contribution in [0.15, 0.2) is 0 Å². The van der Waals surface area contributed by atoms with Gasteiger partial charge in [0.05, 0.1) is 12.5 Å². The fourth-order valence-electron chi connectivity index (χ4n) is 2.87. The number of ketones is 1. The van der Waals surface area contributed by atoms with Crippen molar-refractivity contribution in [2.45, 2.75) is 83.1 Å². The molecule has 2 rings (SSSR count). The van der Waals surface area contributed by atoms with Gasteiger partial charge < -0.3 is 23.7 Å². The molecule has 0 aromatic carbocycles. The number of esters is 1. The molecule has 5 atom stereocenters. The summed E-state index contributed by atoms with van der Waals surface area (Å²) in [4.78, 5) is 23.1. The Labute approximate surface area is 141 Å². The molecule has 2 aliphatic heterocycles. The fourth-order valence-corrected chi connectivity index (χ4v) is 3.85. The maximum absolute atomic E-state index is 12.1. The smallest absolute Gasteiger partial charge is 0.306 e. The Bertz CT molecular complexity index is 452. The summed E-state index contributed by atoms with van der Waals surface area (Å²) in [5.74, 6) is -0.338. The number of carbonyl (C=O) groups excluding carboxylic acids is 2. The van der Waals surface area contributed by atoms with E-state index in [1.807, 2.05) is 27.7 Å². The van der Waals surface area contributed by atoms with Crippen LogP contribution in [0.4, 0.5) is 0 Å². The molecule has 6 nitrogen and oxygen atoms in total. The molecule has 2 fully saturated rings. The zero-order valence-corrected chi connectivity index (χ0v) is 15.2. The average Bonchev–Trinajstić information content (AvgIpc) is 2.77. The molecule has 0 N–H and O–H groups in total. The van der Waals surface area contributed by atoms with Gasteiger partial charge in [-0.15, -0.1) is 11.8 Å². The van der Waals surface area contributed by atoms with E-state index in [1.54, 1.807) is 11.8 Å². The molecule has 2 heterocycles. The number of Topliss-reactive ketones (excluding diaryl/α,β-unsaturated/α-hetero) is 1. The lowest BCUT2D eigenvalue weighted by Gasteiger charge is -2.40. The van der Waals surface area contributed by atoms with E-state index in [0.717, 1.165) is 5.75 Å². The van der Waals surface area contributed by atoms with E-state index >= 15 is 0 Å². The van der Waals surface area contributed by atoms with Crippen molar-refractivity contribution in [1.29, 1.82) is 0 Å². The average molecular weight is 346 g/mol. The normalized spacial score (nSPS) is 35.6. The molecule has 0 radical (unpaired) electrons. The molecule has 0 saturated carbocycles. The lowest BCUT2D eigenvalue weighted by molar-refractivity contribution is -0.187. The van der Waals surface area contributed by atoms with Crippen LogP contribution < -0.4 is 0 Å². The van der Waals surface area contributed by atoms with Crippen LogP contribution in [-0.4, -0.2) is 53.1 Å². The molecular formula is C16H26O6S. The van der Waals surface area contributed by atoms with Gasteiger partial charge in [-0.25, -0.2) is 0 Å². The third-order valence-corrected chi connectivity index (χ3v) is 4.89. The van der Waals surface area contributed by atoms with Gasteiger partial charge in [0.1, 0.15) is 23.4 Å². The number of carbonyl (C=O) groups is 2. The summed E-state index contributed by atoms with van der Waals surface area (Å²) < 4.78 is 23.5. The van der Waals surface area contributed by atoms with Crippen molar-refractivity contribution in [2.75, 3.05) is 5.75 Å². The number of ether oxygens (including phenoxy) is 4. The highest BCUT2D eigenvalue weighted by atomic mass is 32.2. The molecule has 0 unspecified atom stereocenters. The van der Waals surface area contributed by atoms with E-state index in [1.165, 1.54) is 6.92 Å². The highest BCUT2D eigenvalue weighted by Gasteiger charge is 2.55. The summed E-state index contributed by atoms with van der Waals surface area (Å²) in [6.07, 6.45) is -1.05. The first kappa shape index (κ1) is 18.7. The fraction of sp³-hybridized carbons (Fsp3) is 0.875. The summed E-state index contributed by atoms with van der Waals surface area (Å²) in [7, 11) is 0. The van der Waals surface area contributed by atoms with Crippen LogP contribution in [0.25, 0.3) is 0 Å². The maximum atomic E-state index is 12.1. The van der Waals surface area contributed by atoms with Crippen molar-refractivity contribution in [3.8, 4) is 0 Å². The molecule has 0 aromatic heterocycles. The second-order valence-corrected chi connectivity index (χ2v) is 7.76. The van der Waals surface area contributed by atoms with Crippen LogP contribution in [0.3, 0.4) is 0 Å². The molecule has 0 amide bonds. The second kappa shape index (κ2) is 7.51. The molecule has 7 heteroatoms. The maximum Gasteiger partial charge on any atom is 0.306 e. The molecule has 0 aromatic rings. The highest BCUT2D eigenvalue weighted by molar-refractivity contribution is 7.99. The van der Waals surface area contributed by atoms with Gasteiger partial charge in [-0.2, -0.15) is 0 Å². The molecule has 0 spiro atoms. The Morgan fingerprint density at radius 1 is 1.17 bits per heavy atom. The number of hydrogen-bond donors (Lipinski definition) is 0. The van der Waals surface area contributed by atoms with Crippen LogP contribution in [-0.2, 0) is 28.5 Å². The van der Waals surface area contributed by atoms with Crippen LogP contribution in [0, 0.1) is 0 Å². The minimum Gasteiger partial charge on any atom is -0.456 e. The number of thioether (sulfide) groups is 1. The molecule has 132 valence electrons. The lowest BCUT2D eigenvalue weighted by atomic mass is 10.0. The molecule has 0 aliphatic carbocycles. The predicted octanol–water partition coefficient (Wildman–Crippen LogP) is 2.29. The largest absolute Gasteiger partial charge is 0.456 e. The third-order valence-electron chi connectivity index (χ3n) is 3.85. The van der Waals surface area contributed by atoms with Gasteiger partial charge in [-0.3, -0.25) is 4.79 Å². The van der Waals surface area contributed by atoms with Crippen molar-refractivity contribution < 1.29 is 28.5 Å². The van der Waals surface area contributed by atoms with Gasteiger partial charge in [0.2, 0.25) is 0 Å². The number of fused-ring (bicyclic) bond motifs is 1. The first-order chi connectivity index (χ1) is 10.7. The van der Waals surface area contributed by atoms with E-state index in [4.69, 9.17) is 18.9 Å². The molecule has 2 saturated heterocycles. The van der Waals surface area contributed by atoms with Crippen LogP contribution in [0.1, 0.15) is 47.5 Å². The quantitative estimate of drug-likeness (QED) is 0.683. The molecular weight excluding hydrogens is 320 g/mol. The zero-order valence-electron chi connectivity index (χ0n) is 14.4. The Morgan fingerprint density at radius 3 is 2.43 bits per heavy atom. The van der Waals surface area contributed by atoms with Crippen molar-refractivity contribution in [3.05, 3.63) is 0 Å². The van der Waals surface area contributed by atoms with Crippen molar-refractivity contribution in [2.24, 2.45) is 0 Å². The summed E-state index contributed by atoms with van der Waals surface area (Å²) >= 11 is 1.58. The predicted molar refractivity (Wildman–Crippen MR) is 86.1 cm³/mol. The third kappa shape index (κ3) is 4.68. The van der Waals surface area contributed by atoms with Crippen LogP contribution >= 0.6 is 11.8 Å². The summed E-state index contributed by atoms with van der Waals surface area (Å²) in [6.45, 7) is 9.11. The van der Waals surface area contributed by atoms with Crippen LogP contribution in [0.5, 0.6) is 0 Å². The summed E-state index contributed by atoms with van der Waals surface area (Å²) in [5, 5.41) is 0. The molecule has 0 bridgehead atoms. The van der Waals surface area contributed by atoms with E-state index in [-0.39, 0.29) is 42.4 Å². The monoisotopic (exact) mass is 346 g/mol. The Hall–Kier alpha value is -0.630. The first-order valence-electron chi connectivity index (χ1n) is 8.05. The summed E-state index contributed by atoms with van der Waals surface area (Å²) in [6, 6.07) is 0. The Balaban J connectivity index is 2.10. The number of rotatable bonds is 6. The number of hydrogen-bond acceptors (Lipinski definition) is 7. The zero-order chi connectivity index (χ0) is 17.2. The highest BCUT2D eigenvalue weighted by Crippen LogP contribution is 2.41. The van der Waals surface area contributed by atoms with Crippen LogP contribution in [0.2, 0.25) is 0 Å². The SMILES string of the molecule is CCS[C@H]1O[C@H](C)[C@@H]2OC(C)(C)O[C@@H]2[C@H]1OC(=O)CCC(C)=O. The minimum absolute atomic E-state index is 0.0330. The van der Waals surface area contributed by atoms with Gasteiger partial charge in [0.25, 0.3) is 0 Å². The topological polar surface area (TPSA) is 71.1 Å². The van der Waals surface area contributed by atoms with Gasteiger partial charge in [0.15, 0.2) is 11.9 Å². The van der Waals surface area contributed by atoms with Gasteiger partial charge >= 0.3 is 5.97 Å². The Morgan fingerprint density at radius 2 is 1.83 bits per heavy atom. The lowest BCUT2D eigenvalue weighted by Crippen LogP contribution is -2.55. The minimum atomic E-state index is -0.733. The second-order valence-electron chi connectivity index (χ2n) is 6.39. The van der Waals surface area contributed by atoms with E-state index in [2.05, 4.69) is 0 Å². The van der Waals surface area contributed by atoms with Gasteiger partial charge in [-0.1, -0.05) is 6.92 Å².